The molecule has 0 radical (unpaired) electrons. The Morgan fingerprint density at radius 1 is 1.25 bits per heavy atom. The van der Waals surface area contributed by atoms with Crippen molar-refractivity contribution in [2.45, 2.75) is 12.5 Å². The summed E-state index contributed by atoms with van der Waals surface area (Å²) in [6, 6.07) is 6.14. The van der Waals surface area contributed by atoms with Crippen LogP contribution in [0, 0.1) is 0 Å². The van der Waals surface area contributed by atoms with Gasteiger partial charge >= 0.3 is 6.09 Å². The third-order valence-corrected chi connectivity index (χ3v) is 2.68. The normalized spacial score (nSPS) is 11.6. The quantitative estimate of drug-likeness (QED) is 0.615. The number of carbonyl (C=O) groups excluding carboxylic acids is 1. The van der Waals surface area contributed by atoms with Gasteiger partial charge in [0.05, 0.1) is 0 Å². The first-order valence-electron chi connectivity index (χ1n) is 6.12. The van der Waals surface area contributed by atoms with Gasteiger partial charge in [0.25, 0.3) is 0 Å². The Balaban J connectivity index is 2.69. The molecule has 110 valence electrons. The van der Waals surface area contributed by atoms with Gasteiger partial charge < -0.3 is 25.7 Å². The minimum atomic E-state index is -1.30. The van der Waals surface area contributed by atoms with E-state index >= 15 is 0 Å². The van der Waals surface area contributed by atoms with Gasteiger partial charge in [0.15, 0.2) is 0 Å². The highest BCUT2D eigenvalue weighted by Crippen LogP contribution is 2.15. The van der Waals surface area contributed by atoms with Gasteiger partial charge in [-0.25, -0.2) is 4.79 Å². The fourth-order valence-electron chi connectivity index (χ4n) is 1.62. The second-order valence-corrected chi connectivity index (χ2v) is 4.44. The molecule has 0 aromatic heterocycles. The number of aliphatic hydroxyl groups excluding tert-OH is 1. The number of carboxylic acid groups (broad SMARTS) is 1. The van der Waals surface area contributed by atoms with Crippen molar-refractivity contribution < 1.29 is 19.8 Å². The SMILES string of the molecule is CN(C)c1ccc(NC(=O)C(CCO)NC(=O)O)cc1. The van der Waals surface area contributed by atoms with Gasteiger partial charge in [-0.05, 0) is 30.7 Å². The number of carbonyl (C=O) groups is 2. The van der Waals surface area contributed by atoms with E-state index in [1.54, 1.807) is 12.1 Å². The highest BCUT2D eigenvalue weighted by Gasteiger charge is 2.19. The van der Waals surface area contributed by atoms with Gasteiger partial charge in [-0.2, -0.15) is 0 Å². The first-order valence-corrected chi connectivity index (χ1v) is 6.12. The molecule has 4 N–H and O–H groups in total. The Bertz CT molecular complexity index is 459. The zero-order valence-electron chi connectivity index (χ0n) is 11.5. The van der Waals surface area contributed by atoms with Crippen LogP contribution < -0.4 is 15.5 Å². The average Bonchev–Trinajstić information content (AvgIpc) is 2.38. The van der Waals surface area contributed by atoms with Gasteiger partial charge in [0, 0.05) is 32.1 Å². The summed E-state index contributed by atoms with van der Waals surface area (Å²) in [5.74, 6) is -0.501. The minimum absolute atomic E-state index is 0.0217. The maximum absolute atomic E-state index is 11.9. The molecule has 20 heavy (non-hydrogen) atoms. The molecule has 0 aliphatic carbocycles. The topological polar surface area (TPSA) is 102 Å². The Hall–Kier alpha value is -2.28. The lowest BCUT2D eigenvalue weighted by Crippen LogP contribution is -2.43. The van der Waals surface area contributed by atoms with Crippen LogP contribution in [0.2, 0.25) is 0 Å². The van der Waals surface area contributed by atoms with Crippen LogP contribution in [0.5, 0.6) is 0 Å². The summed E-state index contributed by atoms with van der Waals surface area (Å²) in [5, 5.41) is 22.2. The zero-order valence-corrected chi connectivity index (χ0v) is 11.5. The van der Waals surface area contributed by atoms with Gasteiger partial charge in [-0.15, -0.1) is 0 Å². The predicted octanol–water partition coefficient (Wildman–Crippen LogP) is 0.710. The maximum atomic E-state index is 11.9. The smallest absolute Gasteiger partial charge is 0.405 e. The number of benzene rings is 1. The molecule has 2 amide bonds. The lowest BCUT2D eigenvalue weighted by atomic mass is 10.2. The molecule has 1 aromatic carbocycles. The summed E-state index contributed by atoms with van der Waals surface area (Å²) in [6.07, 6.45) is -1.28. The van der Waals surface area contributed by atoms with E-state index in [0.717, 1.165) is 5.69 Å². The van der Waals surface area contributed by atoms with E-state index in [0.29, 0.717) is 5.69 Å². The first-order chi connectivity index (χ1) is 9.43. The van der Waals surface area contributed by atoms with Crippen LogP contribution in [0.15, 0.2) is 24.3 Å². The predicted molar refractivity (Wildman–Crippen MR) is 76.1 cm³/mol. The second-order valence-electron chi connectivity index (χ2n) is 4.44. The number of hydrogen-bond donors (Lipinski definition) is 4. The monoisotopic (exact) mass is 281 g/mol. The lowest BCUT2D eigenvalue weighted by Gasteiger charge is -2.16. The van der Waals surface area contributed by atoms with Crippen LogP contribution in [-0.2, 0) is 4.79 Å². The summed E-state index contributed by atoms with van der Waals surface area (Å²) < 4.78 is 0. The third kappa shape index (κ3) is 4.77. The van der Waals surface area contributed by atoms with Gasteiger partial charge in [0.1, 0.15) is 6.04 Å². The van der Waals surface area contributed by atoms with E-state index in [4.69, 9.17) is 10.2 Å². The third-order valence-electron chi connectivity index (χ3n) is 2.68. The zero-order chi connectivity index (χ0) is 15.1. The molecular weight excluding hydrogens is 262 g/mol. The van der Waals surface area contributed by atoms with Crippen molar-refractivity contribution in [1.82, 2.24) is 5.32 Å². The largest absolute Gasteiger partial charge is 0.465 e. The van der Waals surface area contributed by atoms with Crippen LogP contribution >= 0.6 is 0 Å². The Morgan fingerprint density at radius 3 is 2.30 bits per heavy atom. The van der Waals surface area contributed by atoms with Crippen LogP contribution in [0.3, 0.4) is 0 Å². The van der Waals surface area contributed by atoms with E-state index in [9.17, 15) is 9.59 Å². The van der Waals surface area contributed by atoms with Gasteiger partial charge in [0.2, 0.25) is 5.91 Å². The molecule has 1 rings (SSSR count). The molecule has 1 aromatic rings. The Morgan fingerprint density at radius 2 is 1.85 bits per heavy atom. The van der Waals surface area contributed by atoms with Crippen LogP contribution in [0.25, 0.3) is 0 Å². The summed E-state index contributed by atoms with van der Waals surface area (Å²) in [6.45, 7) is -0.280. The summed E-state index contributed by atoms with van der Waals surface area (Å²) in [5.41, 5.74) is 1.55. The molecule has 0 fully saturated rings. The number of amides is 2. The summed E-state index contributed by atoms with van der Waals surface area (Å²) >= 11 is 0. The van der Waals surface area contributed by atoms with Crippen molar-refractivity contribution >= 4 is 23.4 Å². The molecule has 0 bridgehead atoms. The molecule has 0 spiro atoms. The minimum Gasteiger partial charge on any atom is -0.465 e. The number of rotatable bonds is 6. The molecular formula is C13H19N3O4. The maximum Gasteiger partial charge on any atom is 0.405 e. The van der Waals surface area contributed by atoms with E-state index in [1.165, 1.54) is 0 Å². The average molecular weight is 281 g/mol. The Kier molecular flexibility index (Phi) is 5.79. The van der Waals surface area contributed by atoms with Gasteiger partial charge in [-0.1, -0.05) is 0 Å². The molecule has 7 nitrogen and oxygen atoms in total. The highest BCUT2D eigenvalue weighted by atomic mass is 16.4. The van der Waals surface area contributed by atoms with Crippen molar-refractivity contribution in [3.8, 4) is 0 Å². The van der Waals surface area contributed by atoms with E-state index in [2.05, 4.69) is 10.6 Å². The molecule has 0 heterocycles. The van der Waals surface area contributed by atoms with E-state index in [1.807, 2.05) is 31.1 Å². The number of nitrogens with zero attached hydrogens (tertiary/aromatic N) is 1. The van der Waals surface area contributed by atoms with Gasteiger partial charge in [-0.3, -0.25) is 4.79 Å². The first kappa shape index (κ1) is 15.8. The molecule has 0 aliphatic rings. The fourth-order valence-corrected chi connectivity index (χ4v) is 1.62. The summed E-state index contributed by atoms with van der Waals surface area (Å²) in [4.78, 5) is 24.4. The van der Waals surface area contributed by atoms with Crippen LogP contribution in [0.4, 0.5) is 16.2 Å². The molecule has 0 aliphatic heterocycles. The number of anilines is 2. The van der Waals surface area contributed by atoms with E-state index < -0.39 is 18.0 Å². The number of hydrogen-bond acceptors (Lipinski definition) is 4. The molecule has 7 heteroatoms. The fraction of sp³-hybridized carbons (Fsp3) is 0.385. The molecule has 0 saturated heterocycles. The lowest BCUT2D eigenvalue weighted by molar-refractivity contribution is -0.118. The molecule has 1 unspecified atom stereocenters. The standard InChI is InChI=1S/C13H19N3O4/c1-16(2)10-5-3-9(4-6-10)14-12(18)11(7-8-17)15-13(19)20/h3-6,11,15,17H,7-8H2,1-2H3,(H,14,18)(H,19,20). The van der Waals surface area contributed by atoms with Crippen molar-refractivity contribution in [2.24, 2.45) is 0 Å². The van der Waals surface area contributed by atoms with Crippen molar-refractivity contribution in [2.75, 3.05) is 30.9 Å². The number of aliphatic hydroxyl groups is 1. The molecule has 0 saturated carbocycles. The number of nitrogens with one attached hydrogen (secondary N) is 2. The Labute approximate surface area is 117 Å². The van der Waals surface area contributed by atoms with Crippen LogP contribution in [-0.4, -0.2) is 49.0 Å². The van der Waals surface area contributed by atoms with E-state index in [-0.39, 0.29) is 13.0 Å². The van der Waals surface area contributed by atoms with Crippen LogP contribution in [0.1, 0.15) is 6.42 Å². The summed E-state index contributed by atoms with van der Waals surface area (Å²) in [7, 11) is 3.81. The van der Waals surface area contributed by atoms with Crippen molar-refractivity contribution in [3.05, 3.63) is 24.3 Å². The highest BCUT2D eigenvalue weighted by molar-refractivity contribution is 5.96. The second kappa shape index (κ2) is 7.34. The van der Waals surface area contributed by atoms with Crippen molar-refractivity contribution in [1.29, 1.82) is 0 Å². The molecule has 1 atom stereocenters. The van der Waals surface area contributed by atoms with Crippen molar-refractivity contribution in [3.63, 3.8) is 0 Å².